The monoisotopic (exact) mass is 318 g/mol. The minimum Gasteiger partial charge on any atom is -0.493 e. The van der Waals surface area contributed by atoms with E-state index in [0.717, 1.165) is 5.56 Å². The summed E-state index contributed by atoms with van der Waals surface area (Å²) in [4.78, 5) is 22.3. The number of hydrogen-bond acceptors (Lipinski definition) is 6. The first kappa shape index (κ1) is 17.8. The Morgan fingerprint density at radius 2 is 1.91 bits per heavy atom. The second-order valence-corrected chi connectivity index (χ2v) is 4.47. The molecule has 0 saturated heterocycles. The van der Waals surface area contributed by atoms with Crippen molar-refractivity contribution in [2.45, 2.75) is 13.5 Å². The van der Waals surface area contributed by atoms with E-state index in [1.165, 1.54) is 7.11 Å². The van der Waals surface area contributed by atoms with Crippen LogP contribution in [0.1, 0.15) is 12.5 Å². The molecule has 8 nitrogen and oxygen atoms in total. The quantitative estimate of drug-likeness (QED) is 0.525. The molecule has 0 fully saturated rings. The number of carbonyl (C=O) groups excluding carboxylic acids is 2. The molecule has 8 heteroatoms. The van der Waals surface area contributed by atoms with Crippen LogP contribution in [-0.4, -0.2) is 26.2 Å². The third-order valence-electron chi connectivity index (χ3n) is 2.96. The van der Waals surface area contributed by atoms with E-state index in [9.17, 15) is 9.59 Å². The van der Waals surface area contributed by atoms with Gasteiger partial charge in [0.1, 0.15) is 11.6 Å². The molecule has 0 saturated carbocycles. The Kier molecular flexibility index (Phi) is 6.43. The molecule has 0 heterocycles. The lowest BCUT2D eigenvalue weighted by Gasteiger charge is -2.12. The van der Waals surface area contributed by atoms with Gasteiger partial charge >= 0.3 is 6.03 Å². The highest BCUT2D eigenvalue weighted by atomic mass is 16.5. The summed E-state index contributed by atoms with van der Waals surface area (Å²) in [5, 5.41) is 13.8. The lowest BCUT2D eigenvalue weighted by Crippen LogP contribution is -2.36. The number of nitrogens with two attached hydrogens (primary N) is 1. The fourth-order valence-electron chi connectivity index (χ4n) is 1.79. The van der Waals surface area contributed by atoms with E-state index in [4.69, 9.17) is 20.5 Å². The van der Waals surface area contributed by atoms with E-state index in [1.807, 2.05) is 11.4 Å². The van der Waals surface area contributed by atoms with E-state index in [-0.39, 0.29) is 5.57 Å². The highest BCUT2D eigenvalue weighted by Gasteiger charge is 2.14. The average Bonchev–Trinajstić information content (AvgIpc) is 2.52. The SMILES string of the molecule is COc1ccc(CN/C(C)=C(/C#N)C(=O)NC(N)=O)cc1OC. The van der Waals surface area contributed by atoms with E-state index < -0.39 is 11.9 Å². The molecule has 0 bridgehead atoms. The second-order valence-electron chi connectivity index (χ2n) is 4.47. The lowest BCUT2D eigenvalue weighted by atomic mass is 10.1. The van der Waals surface area contributed by atoms with Crippen molar-refractivity contribution in [1.29, 1.82) is 5.26 Å². The Bertz CT molecular complexity index is 677. The van der Waals surface area contributed by atoms with Gasteiger partial charge in [0.05, 0.1) is 14.2 Å². The fraction of sp³-hybridized carbons (Fsp3) is 0.267. The van der Waals surface area contributed by atoms with Gasteiger partial charge in [-0.2, -0.15) is 5.26 Å². The topological polar surface area (TPSA) is 126 Å². The van der Waals surface area contributed by atoms with Gasteiger partial charge in [-0.3, -0.25) is 10.1 Å². The van der Waals surface area contributed by atoms with E-state index in [2.05, 4.69) is 5.32 Å². The van der Waals surface area contributed by atoms with Crippen LogP contribution in [0.4, 0.5) is 4.79 Å². The van der Waals surface area contributed by atoms with Crippen molar-refractivity contribution in [3.63, 3.8) is 0 Å². The molecule has 3 amide bonds. The zero-order valence-corrected chi connectivity index (χ0v) is 13.1. The van der Waals surface area contributed by atoms with E-state index >= 15 is 0 Å². The standard InChI is InChI=1S/C15H18N4O4/c1-9(11(7-16)14(20)19-15(17)21)18-8-10-4-5-12(22-2)13(6-10)23-3/h4-6,18H,8H2,1-3H3,(H3,17,19,20,21)/b11-9-. The van der Waals surface area contributed by atoms with Crippen molar-refractivity contribution in [1.82, 2.24) is 10.6 Å². The molecule has 0 aliphatic heterocycles. The first-order chi connectivity index (χ1) is 10.9. The molecule has 0 atom stereocenters. The minimum absolute atomic E-state index is 0.218. The zero-order valence-electron chi connectivity index (χ0n) is 13.1. The maximum absolute atomic E-state index is 11.7. The van der Waals surface area contributed by atoms with Crippen molar-refractivity contribution < 1.29 is 19.1 Å². The predicted molar refractivity (Wildman–Crippen MR) is 82.4 cm³/mol. The lowest BCUT2D eigenvalue weighted by molar-refractivity contribution is -0.116. The number of nitrogens with one attached hydrogen (secondary N) is 2. The Morgan fingerprint density at radius 1 is 1.26 bits per heavy atom. The molecule has 122 valence electrons. The maximum Gasteiger partial charge on any atom is 0.319 e. The van der Waals surface area contributed by atoms with Crippen LogP contribution >= 0.6 is 0 Å². The van der Waals surface area contributed by atoms with Gasteiger partial charge in [0, 0.05) is 12.2 Å². The molecule has 1 aromatic carbocycles. The zero-order chi connectivity index (χ0) is 17.4. The Labute approximate surface area is 133 Å². The van der Waals surface area contributed by atoms with Gasteiger partial charge < -0.3 is 20.5 Å². The number of amides is 3. The molecular formula is C15H18N4O4. The summed E-state index contributed by atoms with van der Waals surface area (Å²) in [5.74, 6) is 0.319. The van der Waals surface area contributed by atoms with E-state index in [1.54, 1.807) is 32.2 Å². The molecule has 1 aromatic rings. The number of primary amides is 1. The predicted octanol–water partition coefficient (Wildman–Crippen LogP) is 0.786. The van der Waals surface area contributed by atoms with Crippen molar-refractivity contribution in [2.75, 3.05) is 14.2 Å². The summed E-state index contributed by atoms with van der Waals surface area (Å²) in [6.07, 6.45) is 0. The minimum atomic E-state index is -1.02. The third kappa shape index (κ3) is 4.93. The summed E-state index contributed by atoms with van der Waals surface area (Å²) >= 11 is 0. The van der Waals surface area contributed by atoms with Crippen LogP contribution in [0.5, 0.6) is 11.5 Å². The molecule has 0 aliphatic rings. The summed E-state index contributed by atoms with van der Waals surface area (Å²) in [5.41, 5.74) is 5.82. The van der Waals surface area contributed by atoms with Gasteiger partial charge in [0.25, 0.3) is 5.91 Å². The number of ether oxygens (including phenoxy) is 2. The van der Waals surface area contributed by atoms with Crippen LogP contribution in [0, 0.1) is 11.3 Å². The Morgan fingerprint density at radius 3 is 2.43 bits per heavy atom. The van der Waals surface area contributed by atoms with Gasteiger partial charge in [-0.15, -0.1) is 0 Å². The number of rotatable bonds is 6. The van der Waals surface area contributed by atoms with Crippen LogP contribution in [0.15, 0.2) is 29.5 Å². The average molecular weight is 318 g/mol. The number of nitrogens with zero attached hydrogens (tertiary/aromatic N) is 1. The first-order valence-corrected chi connectivity index (χ1v) is 6.59. The number of imide groups is 1. The Balaban J connectivity index is 2.87. The number of nitriles is 1. The molecule has 0 unspecified atom stereocenters. The van der Waals surface area contributed by atoms with Gasteiger partial charge in [0.15, 0.2) is 11.5 Å². The highest BCUT2D eigenvalue weighted by molar-refractivity contribution is 6.06. The fourth-order valence-corrected chi connectivity index (χ4v) is 1.79. The summed E-state index contributed by atoms with van der Waals surface area (Å²) in [7, 11) is 3.07. The molecule has 0 spiro atoms. The summed E-state index contributed by atoms with van der Waals surface area (Å²) in [6.45, 7) is 1.90. The van der Waals surface area contributed by atoms with Gasteiger partial charge in [-0.05, 0) is 24.6 Å². The van der Waals surface area contributed by atoms with Gasteiger partial charge in [-0.25, -0.2) is 4.79 Å². The van der Waals surface area contributed by atoms with Crippen molar-refractivity contribution in [3.8, 4) is 17.6 Å². The van der Waals surface area contributed by atoms with Crippen LogP contribution in [0.25, 0.3) is 0 Å². The van der Waals surface area contributed by atoms with Crippen LogP contribution in [-0.2, 0) is 11.3 Å². The molecule has 0 aromatic heterocycles. The number of allylic oxidation sites excluding steroid dienone is 1. The number of methoxy groups -OCH3 is 2. The molecule has 23 heavy (non-hydrogen) atoms. The van der Waals surface area contributed by atoms with Gasteiger partial charge in [0.2, 0.25) is 0 Å². The van der Waals surface area contributed by atoms with Crippen molar-refractivity contribution in [2.24, 2.45) is 5.73 Å². The number of hydrogen-bond donors (Lipinski definition) is 3. The molecule has 0 radical (unpaired) electrons. The van der Waals surface area contributed by atoms with Crippen molar-refractivity contribution >= 4 is 11.9 Å². The molecule has 1 rings (SSSR count). The molecule has 4 N–H and O–H groups in total. The Hall–Kier alpha value is -3.21. The van der Waals surface area contributed by atoms with Gasteiger partial charge in [-0.1, -0.05) is 6.07 Å². The summed E-state index contributed by atoms with van der Waals surface area (Å²) < 4.78 is 10.3. The first-order valence-electron chi connectivity index (χ1n) is 6.59. The van der Waals surface area contributed by atoms with Crippen LogP contribution in [0.2, 0.25) is 0 Å². The maximum atomic E-state index is 11.7. The number of carbonyl (C=O) groups is 2. The highest BCUT2D eigenvalue weighted by Crippen LogP contribution is 2.27. The van der Waals surface area contributed by atoms with Crippen molar-refractivity contribution in [3.05, 3.63) is 35.0 Å². The molecule has 0 aliphatic carbocycles. The smallest absolute Gasteiger partial charge is 0.319 e. The van der Waals surface area contributed by atoms with Crippen LogP contribution < -0.4 is 25.8 Å². The molecular weight excluding hydrogens is 300 g/mol. The summed E-state index contributed by atoms with van der Waals surface area (Å²) in [6, 6.07) is 6.06. The second kappa shape index (κ2) is 8.29. The third-order valence-corrected chi connectivity index (χ3v) is 2.96. The largest absolute Gasteiger partial charge is 0.493 e. The normalized spacial score (nSPS) is 10.9. The number of benzene rings is 1. The number of urea groups is 1. The van der Waals surface area contributed by atoms with E-state index in [0.29, 0.717) is 23.7 Å². The van der Waals surface area contributed by atoms with Crippen LogP contribution in [0.3, 0.4) is 0 Å².